The third kappa shape index (κ3) is 3.65. The second-order valence-corrected chi connectivity index (χ2v) is 4.78. The van der Waals surface area contributed by atoms with Crippen molar-refractivity contribution in [3.63, 3.8) is 0 Å². The lowest BCUT2D eigenvalue weighted by molar-refractivity contribution is 0.413. The monoisotopic (exact) mass is 305 g/mol. The fraction of sp³-hybridized carbons (Fsp3) is 0. The van der Waals surface area contributed by atoms with Gasteiger partial charge in [0.25, 0.3) is 5.56 Å². The third-order valence-corrected chi connectivity index (χ3v) is 3.23. The summed E-state index contributed by atoms with van der Waals surface area (Å²) in [6, 6.07) is 21.8. The highest BCUT2D eigenvalue weighted by molar-refractivity contribution is 5.80. The molecule has 0 aliphatic rings. The number of aromatic amines is 2. The van der Waals surface area contributed by atoms with E-state index in [1.54, 1.807) is 0 Å². The fourth-order valence-electron chi connectivity index (χ4n) is 2.17. The van der Waals surface area contributed by atoms with Crippen molar-refractivity contribution >= 4 is 0 Å². The Morgan fingerprint density at radius 3 is 2.00 bits per heavy atom. The third-order valence-electron chi connectivity index (χ3n) is 3.23. The van der Waals surface area contributed by atoms with Gasteiger partial charge in [-0.2, -0.15) is 10.3 Å². The van der Waals surface area contributed by atoms with Crippen LogP contribution in [-0.2, 0) is 0 Å². The number of nitrogens with one attached hydrogen (secondary N) is 2. The molecule has 0 saturated carbocycles. The van der Waals surface area contributed by atoms with Crippen molar-refractivity contribution in [2.75, 3.05) is 0 Å². The summed E-state index contributed by atoms with van der Waals surface area (Å²) in [6.45, 7) is 0. The average Bonchev–Trinajstić information content (AvgIpc) is 3.28. The zero-order valence-electron chi connectivity index (χ0n) is 12.3. The van der Waals surface area contributed by atoms with Crippen molar-refractivity contribution in [1.82, 2.24) is 15.4 Å². The van der Waals surface area contributed by atoms with E-state index in [0.29, 0.717) is 0 Å². The lowest BCUT2D eigenvalue weighted by atomic mass is 10.0. The van der Waals surface area contributed by atoms with Crippen LogP contribution in [0.4, 0.5) is 0 Å². The van der Waals surface area contributed by atoms with Gasteiger partial charge in [-0.25, -0.2) is 0 Å². The fourth-order valence-corrected chi connectivity index (χ4v) is 2.17. The van der Waals surface area contributed by atoms with Gasteiger partial charge in [0.05, 0.1) is 11.9 Å². The predicted octanol–water partition coefficient (Wildman–Crippen LogP) is 3.71. The lowest BCUT2D eigenvalue weighted by Crippen LogP contribution is -1.91. The van der Waals surface area contributed by atoms with Crippen LogP contribution in [0.2, 0.25) is 0 Å². The Bertz CT molecular complexity index is 822. The van der Waals surface area contributed by atoms with Crippen LogP contribution in [0.15, 0.2) is 88.5 Å². The van der Waals surface area contributed by atoms with E-state index in [0.717, 1.165) is 16.8 Å². The summed E-state index contributed by atoms with van der Waals surface area (Å²) in [6.07, 6.45) is 3.17. The van der Waals surface area contributed by atoms with E-state index in [-0.39, 0.29) is 5.56 Å². The predicted molar refractivity (Wildman–Crippen MR) is 88.8 cm³/mol. The topological polar surface area (TPSA) is 74.7 Å². The van der Waals surface area contributed by atoms with Crippen molar-refractivity contribution in [1.29, 1.82) is 0 Å². The summed E-state index contributed by atoms with van der Waals surface area (Å²) in [7, 11) is 0. The molecule has 5 nitrogen and oxygen atoms in total. The number of hydrogen-bond donors (Lipinski definition) is 2. The lowest BCUT2D eigenvalue weighted by Gasteiger charge is -2.02. The quantitative estimate of drug-likeness (QED) is 0.593. The van der Waals surface area contributed by atoms with Gasteiger partial charge < -0.3 is 4.52 Å². The van der Waals surface area contributed by atoms with E-state index in [1.165, 1.54) is 17.9 Å². The van der Waals surface area contributed by atoms with Crippen LogP contribution in [-0.4, -0.2) is 15.4 Å². The molecule has 114 valence electrons. The molecule has 2 aromatic carbocycles. The molecule has 4 rings (SSSR count). The molecular weight excluding hydrogens is 290 g/mol. The maximum atomic E-state index is 9.92. The summed E-state index contributed by atoms with van der Waals surface area (Å²) in [5.74, 6) is 0. The number of benzene rings is 2. The molecule has 23 heavy (non-hydrogen) atoms. The zero-order chi connectivity index (χ0) is 15.9. The van der Waals surface area contributed by atoms with Crippen molar-refractivity contribution in [2.45, 2.75) is 0 Å². The highest BCUT2D eigenvalue weighted by Crippen LogP contribution is 2.29. The van der Waals surface area contributed by atoms with Crippen LogP contribution in [0.5, 0.6) is 0 Å². The molecule has 0 amide bonds. The second-order valence-electron chi connectivity index (χ2n) is 4.78. The second kappa shape index (κ2) is 7.09. The van der Waals surface area contributed by atoms with Crippen LogP contribution < -0.4 is 5.56 Å². The first-order chi connectivity index (χ1) is 11.3. The van der Waals surface area contributed by atoms with E-state index in [2.05, 4.69) is 44.1 Å². The Morgan fingerprint density at radius 1 is 0.826 bits per heavy atom. The maximum Gasteiger partial charge on any atom is 0.279 e. The first-order valence-electron chi connectivity index (χ1n) is 7.11. The Kier molecular flexibility index (Phi) is 4.49. The average molecular weight is 305 g/mol. The first-order valence-corrected chi connectivity index (χ1v) is 7.11. The van der Waals surface area contributed by atoms with Gasteiger partial charge in [-0.15, -0.1) is 0 Å². The minimum absolute atomic E-state index is 0.199. The number of nitrogens with zero attached hydrogens (tertiary/aromatic N) is 1. The van der Waals surface area contributed by atoms with Gasteiger partial charge >= 0.3 is 0 Å². The van der Waals surface area contributed by atoms with Crippen LogP contribution in [0.1, 0.15) is 0 Å². The van der Waals surface area contributed by atoms with Crippen molar-refractivity contribution in [3.05, 3.63) is 89.5 Å². The van der Waals surface area contributed by atoms with Gasteiger partial charge in [0, 0.05) is 17.2 Å². The molecule has 2 heterocycles. The molecule has 0 fully saturated rings. The maximum absolute atomic E-state index is 9.92. The molecule has 2 N–H and O–H groups in total. The molecule has 5 heteroatoms. The van der Waals surface area contributed by atoms with Gasteiger partial charge in [0.1, 0.15) is 6.26 Å². The molecule has 0 atom stereocenters. The van der Waals surface area contributed by atoms with Crippen LogP contribution in [0.25, 0.3) is 22.4 Å². The number of H-pyrrole nitrogens is 2. The highest BCUT2D eigenvalue weighted by Gasteiger charge is 2.08. The van der Waals surface area contributed by atoms with Crippen molar-refractivity contribution < 1.29 is 4.52 Å². The molecule has 0 spiro atoms. The van der Waals surface area contributed by atoms with E-state index >= 15 is 0 Å². The summed E-state index contributed by atoms with van der Waals surface area (Å²) in [4.78, 5) is 9.92. The Labute approximate surface area is 132 Å². The number of hydrogen-bond acceptors (Lipinski definition) is 3. The molecule has 0 aliphatic heterocycles. The molecule has 0 aliphatic carbocycles. The van der Waals surface area contributed by atoms with Gasteiger partial charge in [-0.05, 0) is 5.56 Å². The normalized spacial score (nSPS) is 9.91. The van der Waals surface area contributed by atoms with Crippen LogP contribution in [0, 0.1) is 0 Å². The zero-order valence-corrected chi connectivity index (χ0v) is 12.3. The molecule has 0 unspecified atom stereocenters. The van der Waals surface area contributed by atoms with Gasteiger partial charge in [0.15, 0.2) is 0 Å². The van der Waals surface area contributed by atoms with Crippen molar-refractivity contribution in [3.8, 4) is 22.4 Å². The van der Waals surface area contributed by atoms with Gasteiger partial charge in [-0.1, -0.05) is 60.7 Å². The molecular formula is C18H15N3O2. The summed E-state index contributed by atoms with van der Waals surface area (Å²) < 4.78 is 4.28. The van der Waals surface area contributed by atoms with E-state index in [4.69, 9.17) is 0 Å². The summed E-state index contributed by atoms with van der Waals surface area (Å²) in [5.41, 5.74) is 4.34. The number of aromatic nitrogens is 3. The molecule has 0 bridgehead atoms. The number of rotatable bonds is 2. The summed E-state index contributed by atoms with van der Waals surface area (Å²) in [5, 5.41) is 9.29. The molecule has 2 aromatic heterocycles. The minimum Gasteiger partial charge on any atom is -0.387 e. The van der Waals surface area contributed by atoms with Crippen LogP contribution in [0.3, 0.4) is 0 Å². The van der Waals surface area contributed by atoms with Crippen LogP contribution >= 0.6 is 0 Å². The summed E-state index contributed by atoms with van der Waals surface area (Å²) >= 11 is 0. The van der Waals surface area contributed by atoms with E-state index in [1.807, 2.05) is 42.6 Å². The largest absolute Gasteiger partial charge is 0.387 e. The minimum atomic E-state index is -0.199. The highest BCUT2D eigenvalue weighted by atomic mass is 16.5. The SMILES string of the molecule is O=c1cco[nH]1.c1ccc(-c2cn[nH]c2-c2ccccc2)cc1. The Balaban J connectivity index is 0.000000220. The first kappa shape index (κ1) is 14.6. The Morgan fingerprint density at radius 2 is 1.48 bits per heavy atom. The molecule has 0 saturated heterocycles. The molecule has 0 radical (unpaired) electrons. The van der Waals surface area contributed by atoms with E-state index < -0.39 is 0 Å². The standard InChI is InChI=1S/C15H12N2.C3H3NO2/c1-3-7-12(8-4-1)14-11-16-17-15(14)13-9-5-2-6-10-13;5-3-1-2-6-4-3/h1-11H,(H,16,17);1-2H,(H,4,5). The van der Waals surface area contributed by atoms with E-state index in [9.17, 15) is 4.79 Å². The molecule has 4 aromatic rings. The smallest absolute Gasteiger partial charge is 0.279 e. The Hall–Kier alpha value is -3.34. The van der Waals surface area contributed by atoms with Gasteiger partial charge in [-0.3, -0.25) is 9.89 Å². The van der Waals surface area contributed by atoms with Crippen molar-refractivity contribution in [2.24, 2.45) is 0 Å². The van der Waals surface area contributed by atoms with Gasteiger partial charge in [0.2, 0.25) is 0 Å².